The molecule has 3 nitrogen and oxygen atoms in total. The number of fused-ring (bicyclic) bond motifs is 1. The van der Waals surface area contributed by atoms with E-state index < -0.39 is 0 Å². The summed E-state index contributed by atoms with van der Waals surface area (Å²) in [4.78, 5) is 11.3. The molecule has 3 heteroatoms. The second kappa shape index (κ2) is 11.5. The van der Waals surface area contributed by atoms with E-state index >= 15 is 0 Å². The third-order valence-corrected chi connectivity index (χ3v) is 6.19. The van der Waals surface area contributed by atoms with Crippen LogP contribution in [0.3, 0.4) is 0 Å². The average Bonchev–Trinajstić information content (AvgIpc) is 3.19. The van der Waals surface area contributed by atoms with E-state index in [1.54, 1.807) is 0 Å². The van der Waals surface area contributed by atoms with Gasteiger partial charge in [-0.25, -0.2) is 0 Å². The van der Waals surface area contributed by atoms with Gasteiger partial charge in [0.15, 0.2) is 0 Å². The van der Waals surface area contributed by atoms with E-state index in [1.165, 1.54) is 49.4 Å². The lowest BCUT2D eigenvalue weighted by molar-refractivity contribution is -0.107. The number of carbonyl (C=O) groups excluding carboxylic acids is 1. The summed E-state index contributed by atoms with van der Waals surface area (Å²) in [5.41, 5.74) is 4.61. The van der Waals surface area contributed by atoms with Crippen LogP contribution in [0.1, 0.15) is 51.0 Å². The van der Waals surface area contributed by atoms with Crippen molar-refractivity contribution in [2.24, 2.45) is 0 Å². The third kappa shape index (κ3) is 5.92. The van der Waals surface area contributed by atoms with E-state index in [4.69, 9.17) is 4.74 Å². The molecule has 1 aromatic heterocycles. The number of aromatic nitrogens is 1. The van der Waals surface area contributed by atoms with Crippen LogP contribution in [0.2, 0.25) is 0 Å². The minimum Gasteiger partial charge on any atom is -0.457 e. The molecule has 4 rings (SSSR count). The molecule has 4 aromatic rings. The van der Waals surface area contributed by atoms with E-state index in [2.05, 4.69) is 48.0 Å². The van der Waals surface area contributed by atoms with Crippen molar-refractivity contribution in [3.05, 3.63) is 84.6 Å². The summed E-state index contributed by atoms with van der Waals surface area (Å²) in [6.45, 7) is 3.26. The Kier molecular flexibility index (Phi) is 7.97. The minimum atomic E-state index is 0.452. The first-order valence-corrected chi connectivity index (χ1v) is 12.2. The summed E-state index contributed by atoms with van der Waals surface area (Å²) in [5, 5.41) is 1.18. The van der Waals surface area contributed by atoms with E-state index in [9.17, 15) is 4.79 Å². The van der Waals surface area contributed by atoms with Crippen molar-refractivity contribution >= 4 is 17.2 Å². The standard InChI is InChI=1S/C30H33NO2/c1-2-3-4-5-6-10-20-31-23-26(19-21-32)29-22-25(15-18-30(29)31)24-13-16-28(17-14-24)33-27-11-8-7-9-12-27/h7-9,11-18,21-23H,2-6,10,19-20H2,1H3. The maximum Gasteiger partial charge on any atom is 0.127 e. The van der Waals surface area contributed by atoms with Gasteiger partial charge in [-0.3, -0.25) is 0 Å². The number of aldehydes is 1. The molecule has 0 saturated heterocycles. The molecule has 0 aliphatic heterocycles. The van der Waals surface area contributed by atoms with E-state index in [1.807, 2.05) is 42.5 Å². The van der Waals surface area contributed by atoms with Crippen molar-refractivity contribution in [3.63, 3.8) is 0 Å². The molecule has 0 unspecified atom stereocenters. The second-order valence-electron chi connectivity index (χ2n) is 8.66. The van der Waals surface area contributed by atoms with Gasteiger partial charge in [0.2, 0.25) is 0 Å². The van der Waals surface area contributed by atoms with Crippen LogP contribution in [0.15, 0.2) is 79.0 Å². The van der Waals surface area contributed by atoms with Gasteiger partial charge in [0, 0.05) is 30.1 Å². The Morgan fingerprint density at radius 1 is 0.788 bits per heavy atom. The van der Waals surface area contributed by atoms with Crippen molar-refractivity contribution in [2.75, 3.05) is 0 Å². The Bertz CT molecular complexity index is 1160. The topological polar surface area (TPSA) is 31.2 Å². The zero-order valence-electron chi connectivity index (χ0n) is 19.5. The van der Waals surface area contributed by atoms with E-state index in [0.29, 0.717) is 6.42 Å². The number of unbranched alkanes of at least 4 members (excludes halogenated alkanes) is 5. The Balaban J connectivity index is 1.50. The van der Waals surface area contributed by atoms with Gasteiger partial charge >= 0.3 is 0 Å². The Morgan fingerprint density at radius 3 is 2.24 bits per heavy atom. The van der Waals surface area contributed by atoms with Gasteiger partial charge in [0.25, 0.3) is 0 Å². The number of ether oxygens (including phenoxy) is 1. The zero-order valence-corrected chi connectivity index (χ0v) is 19.5. The molecule has 0 fully saturated rings. The number of hydrogen-bond donors (Lipinski definition) is 0. The lowest BCUT2D eigenvalue weighted by atomic mass is 10.0. The zero-order chi connectivity index (χ0) is 22.9. The molecule has 0 radical (unpaired) electrons. The molecule has 0 aliphatic carbocycles. The van der Waals surface area contributed by atoms with Crippen LogP contribution >= 0.6 is 0 Å². The maximum atomic E-state index is 11.3. The molecule has 0 aliphatic rings. The van der Waals surface area contributed by atoms with Gasteiger partial charge < -0.3 is 14.1 Å². The van der Waals surface area contributed by atoms with Crippen molar-refractivity contribution in [1.82, 2.24) is 4.57 Å². The molecule has 1 heterocycles. The highest BCUT2D eigenvalue weighted by atomic mass is 16.5. The largest absolute Gasteiger partial charge is 0.457 e. The molecular weight excluding hydrogens is 406 g/mol. The molecule has 0 atom stereocenters. The lowest BCUT2D eigenvalue weighted by Gasteiger charge is -2.08. The van der Waals surface area contributed by atoms with Gasteiger partial charge in [-0.2, -0.15) is 0 Å². The van der Waals surface area contributed by atoms with Crippen molar-refractivity contribution in [3.8, 4) is 22.6 Å². The predicted molar refractivity (Wildman–Crippen MR) is 137 cm³/mol. The Labute approximate surface area is 197 Å². The smallest absolute Gasteiger partial charge is 0.127 e. The number of para-hydroxylation sites is 1. The normalized spacial score (nSPS) is 11.1. The van der Waals surface area contributed by atoms with Crippen molar-refractivity contribution in [1.29, 1.82) is 0 Å². The highest BCUT2D eigenvalue weighted by Crippen LogP contribution is 2.30. The average molecular weight is 440 g/mol. The number of carbonyl (C=O) groups is 1. The molecule has 0 bridgehead atoms. The molecule has 33 heavy (non-hydrogen) atoms. The lowest BCUT2D eigenvalue weighted by Crippen LogP contribution is -1.96. The highest BCUT2D eigenvalue weighted by Gasteiger charge is 2.10. The number of rotatable bonds is 12. The monoisotopic (exact) mass is 439 g/mol. The van der Waals surface area contributed by atoms with Crippen LogP contribution in [-0.4, -0.2) is 10.9 Å². The minimum absolute atomic E-state index is 0.452. The van der Waals surface area contributed by atoms with E-state index in [-0.39, 0.29) is 0 Å². The molecule has 0 saturated carbocycles. The van der Waals surface area contributed by atoms with Crippen molar-refractivity contribution in [2.45, 2.75) is 58.4 Å². The van der Waals surface area contributed by atoms with Gasteiger partial charge in [-0.15, -0.1) is 0 Å². The summed E-state index contributed by atoms with van der Waals surface area (Å²) in [6.07, 6.45) is 11.3. The van der Waals surface area contributed by atoms with Crippen LogP contribution in [0.5, 0.6) is 11.5 Å². The molecular formula is C30H33NO2. The molecule has 0 amide bonds. The third-order valence-electron chi connectivity index (χ3n) is 6.19. The van der Waals surface area contributed by atoms with Gasteiger partial charge in [-0.1, -0.05) is 75.4 Å². The predicted octanol–water partition coefficient (Wildman–Crippen LogP) is 8.20. The highest BCUT2D eigenvalue weighted by molar-refractivity contribution is 5.90. The fourth-order valence-corrected chi connectivity index (χ4v) is 4.39. The molecule has 0 spiro atoms. The van der Waals surface area contributed by atoms with Crippen LogP contribution in [0.25, 0.3) is 22.0 Å². The first kappa shape index (κ1) is 22.8. The number of aryl methyl sites for hydroxylation is 1. The van der Waals surface area contributed by atoms with Crippen LogP contribution in [0.4, 0.5) is 0 Å². The molecule has 170 valence electrons. The summed E-state index contributed by atoms with van der Waals surface area (Å²) in [6, 6.07) is 24.6. The molecule has 0 N–H and O–H groups in total. The Morgan fingerprint density at radius 2 is 1.48 bits per heavy atom. The van der Waals surface area contributed by atoms with Crippen LogP contribution < -0.4 is 4.74 Å². The van der Waals surface area contributed by atoms with Gasteiger partial charge in [0.05, 0.1) is 0 Å². The number of hydrogen-bond acceptors (Lipinski definition) is 2. The van der Waals surface area contributed by atoms with Gasteiger partial charge in [0.1, 0.15) is 17.8 Å². The fourth-order valence-electron chi connectivity index (χ4n) is 4.39. The first-order chi connectivity index (χ1) is 16.3. The maximum absolute atomic E-state index is 11.3. The fraction of sp³-hybridized carbons (Fsp3) is 0.300. The Hall–Kier alpha value is -3.33. The summed E-state index contributed by atoms with van der Waals surface area (Å²) in [7, 11) is 0. The second-order valence-corrected chi connectivity index (χ2v) is 8.66. The summed E-state index contributed by atoms with van der Waals surface area (Å²) in [5.74, 6) is 1.65. The summed E-state index contributed by atoms with van der Waals surface area (Å²) >= 11 is 0. The number of nitrogens with zero attached hydrogens (tertiary/aromatic N) is 1. The van der Waals surface area contributed by atoms with Crippen LogP contribution in [-0.2, 0) is 17.8 Å². The van der Waals surface area contributed by atoms with E-state index in [0.717, 1.165) is 41.0 Å². The molecule has 3 aromatic carbocycles. The first-order valence-electron chi connectivity index (χ1n) is 12.2. The number of benzene rings is 3. The van der Waals surface area contributed by atoms with Crippen LogP contribution in [0, 0.1) is 0 Å². The van der Waals surface area contributed by atoms with Gasteiger partial charge in [-0.05, 0) is 59.5 Å². The summed E-state index contributed by atoms with van der Waals surface area (Å²) < 4.78 is 8.25. The van der Waals surface area contributed by atoms with Crippen molar-refractivity contribution < 1.29 is 9.53 Å². The SMILES string of the molecule is CCCCCCCCn1cc(CC=O)c2cc(-c3ccc(Oc4ccccc4)cc3)ccc21. The quantitative estimate of drug-likeness (QED) is 0.164.